The molecule has 3 aromatic carbocycles. The van der Waals surface area contributed by atoms with Crippen molar-refractivity contribution in [3.05, 3.63) is 114 Å². The van der Waals surface area contributed by atoms with Crippen molar-refractivity contribution in [3.63, 3.8) is 0 Å². The van der Waals surface area contributed by atoms with Crippen LogP contribution >= 0.6 is 0 Å². The van der Waals surface area contributed by atoms with Gasteiger partial charge in [-0.2, -0.15) is 0 Å². The molecule has 1 aromatic heterocycles. The van der Waals surface area contributed by atoms with E-state index in [0.29, 0.717) is 16.9 Å². The Balaban J connectivity index is 1.58. The minimum Gasteiger partial charge on any atom is -0.321 e. The lowest BCUT2D eigenvalue weighted by Crippen LogP contribution is -2.25. The van der Waals surface area contributed by atoms with Crippen LogP contribution < -0.4 is 10.0 Å². The summed E-state index contributed by atoms with van der Waals surface area (Å²) < 4.78 is 28.4. The molecule has 6 nitrogen and oxygen atoms in total. The van der Waals surface area contributed by atoms with Crippen LogP contribution in [0.15, 0.2) is 102 Å². The molecular weight excluding hydrogens is 434 g/mol. The number of carbonyl (C=O) groups excluding carboxylic acids is 1. The van der Waals surface area contributed by atoms with Crippen molar-refractivity contribution in [2.45, 2.75) is 18.4 Å². The summed E-state index contributed by atoms with van der Waals surface area (Å²) in [5, 5.41) is 2.92. The number of para-hydroxylation sites is 1. The SMILES string of the molecule is Cc1ccc(C(=O)Nc2ccccc2-c2ccccc2)cc1S(=O)(=O)NCc1ccccn1. The van der Waals surface area contributed by atoms with E-state index in [1.54, 1.807) is 43.5 Å². The maximum atomic E-state index is 13.0. The Hall–Kier alpha value is -3.81. The fourth-order valence-corrected chi connectivity index (χ4v) is 4.70. The molecule has 0 aliphatic rings. The molecule has 0 radical (unpaired) electrons. The number of aromatic nitrogens is 1. The van der Waals surface area contributed by atoms with E-state index in [0.717, 1.165) is 11.1 Å². The second kappa shape index (κ2) is 9.77. The van der Waals surface area contributed by atoms with Crippen LogP contribution in [0.3, 0.4) is 0 Å². The number of rotatable bonds is 7. The van der Waals surface area contributed by atoms with Crippen molar-refractivity contribution in [1.82, 2.24) is 9.71 Å². The van der Waals surface area contributed by atoms with E-state index in [1.807, 2.05) is 54.6 Å². The maximum Gasteiger partial charge on any atom is 0.255 e. The fourth-order valence-electron chi connectivity index (χ4n) is 3.44. The summed E-state index contributed by atoms with van der Waals surface area (Å²) >= 11 is 0. The molecule has 0 aliphatic carbocycles. The highest BCUT2D eigenvalue weighted by Gasteiger charge is 2.20. The van der Waals surface area contributed by atoms with Gasteiger partial charge in [-0.15, -0.1) is 0 Å². The van der Waals surface area contributed by atoms with E-state index in [2.05, 4.69) is 15.0 Å². The van der Waals surface area contributed by atoms with Gasteiger partial charge in [0.15, 0.2) is 0 Å². The molecule has 2 N–H and O–H groups in total. The van der Waals surface area contributed by atoms with Crippen LogP contribution in [-0.2, 0) is 16.6 Å². The van der Waals surface area contributed by atoms with Crippen LogP contribution in [0.4, 0.5) is 5.69 Å². The average Bonchev–Trinajstić information content (AvgIpc) is 2.84. The van der Waals surface area contributed by atoms with E-state index >= 15 is 0 Å². The number of hydrogen-bond donors (Lipinski definition) is 2. The molecule has 0 bridgehead atoms. The van der Waals surface area contributed by atoms with Gasteiger partial charge in [0, 0.05) is 23.0 Å². The number of anilines is 1. The van der Waals surface area contributed by atoms with Gasteiger partial charge in [0.05, 0.1) is 17.1 Å². The Labute approximate surface area is 193 Å². The highest BCUT2D eigenvalue weighted by molar-refractivity contribution is 7.89. The number of carbonyl (C=O) groups is 1. The van der Waals surface area contributed by atoms with Crippen LogP contribution in [0.2, 0.25) is 0 Å². The lowest BCUT2D eigenvalue weighted by molar-refractivity contribution is 0.102. The molecule has 0 saturated carbocycles. The first kappa shape index (κ1) is 22.4. The molecule has 0 aliphatic heterocycles. The van der Waals surface area contributed by atoms with Gasteiger partial charge >= 0.3 is 0 Å². The number of nitrogens with one attached hydrogen (secondary N) is 2. The van der Waals surface area contributed by atoms with Crippen molar-refractivity contribution < 1.29 is 13.2 Å². The number of nitrogens with zero attached hydrogens (tertiary/aromatic N) is 1. The molecule has 4 rings (SSSR count). The number of benzene rings is 3. The summed E-state index contributed by atoms with van der Waals surface area (Å²) in [5.74, 6) is -0.389. The molecule has 1 amide bonds. The van der Waals surface area contributed by atoms with Crippen molar-refractivity contribution in [1.29, 1.82) is 0 Å². The van der Waals surface area contributed by atoms with E-state index in [-0.39, 0.29) is 22.9 Å². The summed E-state index contributed by atoms with van der Waals surface area (Å²) in [6.45, 7) is 1.76. The molecule has 7 heteroatoms. The molecule has 1 heterocycles. The first-order chi connectivity index (χ1) is 15.9. The Morgan fingerprint density at radius 2 is 1.61 bits per heavy atom. The minimum absolute atomic E-state index is 0.0578. The third kappa shape index (κ3) is 5.34. The Kier molecular flexibility index (Phi) is 6.63. The number of hydrogen-bond acceptors (Lipinski definition) is 4. The standard InChI is InChI=1S/C26H23N3O3S/c1-19-14-15-21(17-25(19)33(31,32)28-18-22-11-7-8-16-27-22)26(30)29-24-13-6-5-12-23(24)20-9-3-2-4-10-20/h2-17,28H,18H2,1H3,(H,29,30). The Morgan fingerprint density at radius 3 is 2.36 bits per heavy atom. The van der Waals surface area contributed by atoms with Crippen molar-refractivity contribution in [2.75, 3.05) is 5.32 Å². The zero-order valence-corrected chi connectivity index (χ0v) is 18.8. The first-order valence-corrected chi connectivity index (χ1v) is 11.9. The quantitative estimate of drug-likeness (QED) is 0.418. The molecule has 0 unspecified atom stereocenters. The molecule has 0 spiro atoms. The highest BCUT2D eigenvalue weighted by atomic mass is 32.2. The van der Waals surface area contributed by atoms with Gasteiger partial charge in [0.2, 0.25) is 10.0 Å². The second-order valence-corrected chi connectivity index (χ2v) is 9.23. The average molecular weight is 458 g/mol. The van der Waals surface area contributed by atoms with Gasteiger partial charge in [0.25, 0.3) is 5.91 Å². The Morgan fingerprint density at radius 1 is 0.879 bits per heavy atom. The summed E-state index contributed by atoms with van der Waals surface area (Å²) in [4.78, 5) is 17.2. The summed E-state index contributed by atoms with van der Waals surface area (Å²) in [6, 6.07) is 27.2. The number of amides is 1. The lowest BCUT2D eigenvalue weighted by atomic mass is 10.0. The first-order valence-electron chi connectivity index (χ1n) is 10.4. The zero-order chi connectivity index (χ0) is 23.3. The molecule has 166 valence electrons. The van der Waals surface area contributed by atoms with Gasteiger partial charge in [-0.05, 0) is 48.4 Å². The van der Waals surface area contributed by atoms with Crippen molar-refractivity contribution >= 4 is 21.6 Å². The Bertz CT molecular complexity index is 1370. The molecular formula is C26H23N3O3S. The van der Waals surface area contributed by atoms with Gasteiger partial charge in [-0.1, -0.05) is 60.7 Å². The van der Waals surface area contributed by atoms with Crippen molar-refractivity contribution in [3.8, 4) is 11.1 Å². The van der Waals surface area contributed by atoms with Gasteiger partial charge in [-0.25, -0.2) is 13.1 Å². The van der Waals surface area contributed by atoms with Crippen LogP contribution in [-0.4, -0.2) is 19.3 Å². The topological polar surface area (TPSA) is 88.2 Å². The van der Waals surface area contributed by atoms with Gasteiger partial charge in [0.1, 0.15) is 0 Å². The molecule has 4 aromatic rings. The summed E-state index contributed by atoms with van der Waals surface area (Å²) in [5.41, 5.74) is 3.89. The summed E-state index contributed by atoms with van der Waals surface area (Å²) in [7, 11) is -3.84. The predicted octanol–water partition coefficient (Wildman–Crippen LogP) is 4.79. The molecule has 0 fully saturated rings. The van der Waals surface area contributed by atoms with E-state index in [4.69, 9.17) is 0 Å². The van der Waals surface area contributed by atoms with Crippen LogP contribution in [0, 0.1) is 6.92 Å². The largest absolute Gasteiger partial charge is 0.321 e. The fraction of sp³-hybridized carbons (Fsp3) is 0.0769. The monoisotopic (exact) mass is 457 g/mol. The normalized spacial score (nSPS) is 11.2. The van der Waals surface area contributed by atoms with E-state index in [1.165, 1.54) is 6.07 Å². The van der Waals surface area contributed by atoms with E-state index in [9.17, 15) is 13.2 Å². The van der Waals surface area contributed by atoms with Crippen LogP contribution in [0.1, 0.15) is 21.6 Å². The lowest BCUT2D eigenvalue weighted by Gasteiger charge is -2.13. The third-order valence-corrected chi connectivity index (χ3v) is 6.71. The van der Waals surface area contributed by atoms with E-state index < -0.39 is 10.0 Å². The smallest absolute Gasteiger partial charge is 0.255 e. The van der Waals surface area contributed by atoms with Crippen LogP contribution in [0.25, 0.3) is 11.1 Å². The molecule has 33 heavy (non-hydrogen) atoms. The van der Waals surface area contributed by atoms with Gasteiger partial charge < -0.3 is 5.32 Å². The summed E-state index contributed by atoms with van der Waals surface area (Å²) in [6.07, 6.45) is 1.60. The minimum atomic E-state index is -3.84. The van der Waals surface area contributed by atoms with Crippen molar-refractivity contribution in [2.24, 2.45) is 0 Å². The number of sulfonamides is 1. The van der Waals surface area contributed by atoms with Gasteiger partial charge in [-0.3, -0.25) is 9.78 Å². The highest BCUT2D eigenvalue weighted by Crippen LogP contribution is 2.28. The molecule has 0 saturated heterocycles. The number of pyridine rings is 1. The third-order valence-electron chi connectivity index (χ3n) is 5.17. The van der Waals surface area contributed by atoms with Crippen LogP contribution in [0.5, 0.6) is 0 Å². The maximum absolute atomic E-state index is 13.0. The number of aryl methyl sites for hydroxylation is 1. The molecule has 0 atom stereocenters. The second-order valence-electron chi connectivity index (χ2n) is 7.49. The predicted molar refractivity (Wildman–Crippen MR) is 129 cm³/mol. The zero-order valence-electron chi connectivity index (χ0n) is 18.0.